The van der Waals surface area contributed by atoms with Gasteiger partial charge in [0.2, 0.25) is 17.7 Å². The number of benzene rings is 2. The fraction of sp³-hybridized carbons (Fsp3) is 0.444. The number of methoxy groups -OCH3 is 1. The number of nitrogens with one attached hydrogen (secondary N) is 2. The highest BCUT2D eigenvalue weighted by Crippen LogP contribution is 2.28. The van der Waals surface area contributed by atoms with Crippen LogP contribution in [0.25, 0.3) is 0 Å². The van der Waals surface area contributed by atoms with Crippen molar-refractivity contribution in [3.63, 3.8) is 0 Å². The van der Waals surface area contributed by atoms with E-state index in [0.717, 1.165) is 48.7 Å². The third-order valence-corrected chi connectivity index (χ3v) is 6.84. The molecule has 192 valence electrons. The smallest absolute Gasteiger partial charge is 0.243 e. The molecular formula is C27H35N5O4. The van der Waals surface area contributed by atoms with Gasteiger partial charge >= 0.3 is 0 Å². The molecule has 2 N–H and O–H groups in total. The molecule has 0 unspecified atom stereocenters. The number of hydrogen-bond acceptors (Lipinski definition) is 6. The van der Waals surface area contributed by atoms with Gasteiger partial charge in [-0.1, -0.05) is 29.8 Å². The molecule has 0 aromatic heterocycles. The van der Waals surface area contributed by atoms with Gasteiger partial charge in [0.15, 0.2) is 0 Å². The molecular weight excluding hydrogens is 458 g/mol. The number of nitrogens with zero attached hydrogens (tertiary/aromatic N) is 3. The maximum absolute atomic E-state index is 13.2. The van der Waals surface area contributed by atoms with Crippen molar-refractivity contribution >= 4 is 29.1 Å². The van der Waals surface area contributed by atoms with Crippen LogP contribution < -0.4 is 20.3 Å². The lowest BCUT2D eigenvalue weighted by Crippen LogP contribution is -2.60. The van der Waals surface area contributed by atoms with Gasteiger partial charge in [0.1, 0.15) is 11.8 Å². The average molecular weight is 494 g/mol. The molecule has 4 rings (SSSR count). The Kier molecular flexibility index (Phi) is 8.10. The van der Waals surface area contributed by atoms with E-state index in [9.17, 15) is 14.4 Å². The SMILES string of the molecule is COc1ccccc1N1CCN(CC(=O)N2CCNC(=O)[C@@H]2CC(=O)Nc2ccc(C)cc2C)CC1. The van der Waals surface area contributed by atoms with E-state index in [1.54, 1.807) is 12.0 Å². The van der Waals surface area contributed by atoms with Crippen molar-refractivity contribution in [3.05, 3.63) is 53.6 Å². The lowest BCUT2D eigenvalue weighted by molar-refractivity contribution is -0.145. The number of aryl methyl sites for hydroxylation is 2. The van der Waals surface area contributed by atoms with E-state index in [-0.39, 0.29) is 30.7 Å². The Balaban J connectivity index is 1.34. The Morgan fingerprint density at radius 2 is 1.81 bits per heavy atom. The standard InChI is InChI=1S/C27H35N5O4/c1-19-8-9-21(20(2)16-19)29-25(33)17-23-27(35)28-10-11-32(23)26(34)18-30-12-14-31(15-13-30)22-6-4-5-7-24(22)36-3/h4-9,16,23H,10-15,17-18H2,1-3H3,(H,28,35)(H,29,33)/t23-/m0/s1. The first kappa shape index (κ1) is 25.5. The number of hydrogen-bond donors (Lipinski definition) is 2. The van der Waals surface area contributed by atoms with Gasteiger partial charge in [0.05, 0.1) is 25.8 Å². The number of carbonyl (C=O) groups is 3. The summed E-state index contributed by atoms with van der Waals surface area (Å²) in [5, 5.41) is 5.69. The van der Waals surface area contributed by atoms with E-state index >= 15 is 0 Å². The van der Waals surface area contributed by atoms with Crippen LogP contribution in [0.2, 0.25) is 0 Å². The average Bonchev–Trinajstić information content (AvgIpc) is 2.87. The number of anilines is 2. The Morgan fingerprint density at radius 1 is 1.06 bits per heavy atom. The third-order valence-electron chi connectivity index (χ3n) is 6.84. The summed E-state index contributed by atoms with van der Waals surface area (Å²) >= 11 is 0. The van der Waals surface area contributed by atoms with E-state index < -0.39 is 6.04 Å². The van der Waals surface area contributed by atoms with Crippen molar-refractivity contribution in [2.45, 2.75) is 26.3 Å². The Hall–Kier alpha value is -3.59. The fourth-order valence-corrected chi connectivity index (χ4v) is 4.87. The van der Waals surface area contributed by atoms with Crippen molar-refractivity contribution in [3.8, 4) is 5.75 Å². The van der Waals surface area contributed by atoms with Crippen LogP contribution in [0, 0.1) is 13.8 Å². The number of piperazine rings is 2. The van der Waals surface area contributed by atoms with E-state index in [4.69, 9.17) is 4.74 Å². The molecule has 3 amide bonds. The maximum Gasteiger partial charge on any atom is 0.243 e. The number of para-hydroxylation sites is 2. The first-order valence-corrected chi connectivity index (χ1v) is 12.4. The number of ether oxygens (including phenoxy) is 1. The Bertz CT molecular complexity index is 1110. The van der Waals surface area contributed by atoms with Gasteiger partial charge in [-0.2, -0.15) is 0 Å². The second-order valence-corrected chi connectivity index (χ2v) is 9.40. The van der Waals surface area contributed by atoms with E-state index in [1.807, 2.05) is 56.3 Å². The summed E-state index contributed by atoms with van der Waals surface area (Å²) in [7, 11) is 1.67. The zero-order valence-corrected chi connectivity index (χ0v) is 21.3. The summed E-state index contributed by atoms with van der Waals surface area (Å²) in [5.41, 5.74) is 3.83. The molecule has 2 heterocycles. The molecule has 36 heavy (non-hydrogen) atoms. The van der Waals surface area contributed by atoms with Gasteiger partial charge in [0.25, 0.3) is 0 Å². The van der Waals surface area contributed by atoms with Gasteiger partial charge in [0, 0.05) is 45.0 Å². The first-order valence-electron chi connectivity index (χ1n) is 12.4. The van der Waals surface area contributed by atoms with Crippen LogP contribution in [0.4, 0.5) is 11.4 Å². The largest absolute Gasteiger partial charge is 0.495 e. The minimum atomic E-state index is -0.813. The molecule has 2 aliphatic rings. The third kappa shape index (κ3) is 5.96. The molecule has 1 atom stereocenters. The van der Waals surface area contributed by atoms with Crippen molar-refractivity contribution in [1.82, 2.24) is 15.1 Å². The maximum atomic E-state index is 13.2. The number of amides is 3. The second kappa shape index (κ2) is 11.4. The van der Waals surface area contributed by atoms with Crippen LogP contribution in [0.5, 0.6) is 5.75 Å². The highest BCUT2D eigenvalue weighted by molar-refractivity contribution is 5.98. The predicted octanol–water partition coefficient (Wildman–Crippen LogP) is 1.79. The summed E-state index contributed by atoms with van der Waals surface area (Å²) in [5.74, 6) is 0.141. The Morgan fingerprint density at radius 3 is 2.53 bits per heavy atom. The molecule has 9 heteroatoms. The van der Waals surface area contributed by atoms with Crippen LogP contribution in [0.1, 0.15) is 17.5 Å². The van der Waals surface area contributed by atoms with Gasteiger partial charge in [-0.25, -0.2) is 0 Å². The zero-order valence-electron chi connectivity index (χ0n) is 21.3. The molecule has 2 aliphatic heterocycles. The number of rotatable bonds is 7. The van der Waals surface area contributed by atoms with Gasteiger partial charge in [-0.3, -0.25) is 19.3 Å². The number of carbonyl (C=O) groups excluding carboxylic acids is 3. The molecule has 2 aromatic rings. The van der Waals surface area contributed by atoms with E-state index in [0.29, 0.717) is 18.8 Å². The molecule has 0 spiro atoms. The quantitative estimate of drug-likeness (QED) is 0.611. The molecule has 9 nitrogen and oxygen atoms in total. The summed E-state index contributed by atoms with van der Waals surface area (Å²) in [6.45, 7) is 7.93. The predicted molar refractivity (Wildman–Crippen MR) is 139 cm³/mol. The van der Waals surface area contributed by atoms with Crippen molar-refractivity contribution in [1.29, 1.82) is 0 Å². The second-order valence-electron chi connectivity index (χ2n) is 9.40. The molecule has 0 aliphatic carbocycles. The normalized spacial score (nSPS) is 18.5. The van der Waals surface area contributed by atoms with Crippen LogP contribution in [-0.2, 0) is 14.4 Å². The Labute approximate surface area is 212 Å². The van der Waals surface area contributed by atoms with Gasteiger partial charge < -0.3 is 25.2 Å². The van der Waals surface area contributed by atoms with Crippen molar-refractivity contribution in [2.24, 2.45) is 0 Å². The van der Waals surface area contributed by atoms with Crippen molar-refractivity contribution in [2.75, 3.05) is 63.1 Å². The monoisotopic (exact) mass is 493 g/mol. The van der Waals surface area contributed by atoms with Crippen molar-refractivity contribution < 1.29 is 19.1 Å². The lowest BCUT2D eigenvalue weighted by atomic mass is 10.1. The summed E-state index contributed by atoms with van der Waals surface area (Å²) in [6.07, 6.45) is -0.0769. The molecule has 2 saturated heterocycles. The molecule has 0 saturated carbocycles. The highest BCUT2D eigenvalue weighted by atomic mass is 16.5. The van der Waals surface area contributed by atoms with Crippen LogP contribution in [0.3, 0.4) is 0 Å². The lowest BCUT2D eigenvalue weighted by Gasteiger charge is -2.39. The minimum Gasteiger partial charge on any atom is -0.495 e. The zero-order chi connectivity index (χ0) is 25.7. The summed E-state index contributed by atoms with van der Waals surface area (Å²) < 4.78 is 5.49. The topological polar surface area (TPSA) is 94.2 Å². The molecule has 2 fully saturated rings. The highest BCUT2D eigenvalue weighted by Gasteiger charge is 2.35. The van der Waals surface area contributed by atoms with Crippen LogP contribution in [0.15, 0.2) is 42.5 Å². The van der Waals surface area contributed by atoms with Crippen LogP contribution >= 0.6 is 0 Å². The minimum absolute atomic E-state index is 0.0769. The summed E-state index contributed by atoms with van der Waals surface area (Å²) in [6, 6.07) is 12.9. The summed E-state index contributed by atoms with van der Waals surface area (Å²) in [4.78, 5) is 44.6. The molecule has 2 aromatic carbocycles. The van der Waals surface area contributed by atoms with Crippen LogP contribution in [-0.4, -0.2) is 86.5 Å². The fourth-order valence-electron chi connectivity index (χ4n) is 4.87. The molecule has 0 radical (unpaired) electrons. The van der Waals surface area contributed by atoms with E-state index in [2.05, 4.69) is 20.4 Å². The van der Waals surface area contributed by atoms with Gasteiger partial charge in [-0.15, -0.1) is 0 Å². The first-order chi connectivity index (χ1) is 17.4. The van der Waals surface area contributed by atoms with Gasteiger partial charge in [-0.05, 0) is 37.6 Å². The van der Waals surface area contributed by atoms with E-state index in [1.165, 1.54) is 0 Å². The molecule has 0 bridgehead atoms.